The first-order valence-electron chi connectivity index (χ1n) is 5.82. The largest absolute Gasteiger partial charge is 0.329 e. The molecule has 1 unspecified atom stereocenters. The van der Waals surface area contributed by atoms with Crippen molar-refractivity contribution in [2.45, 2.75) is 30.7 Å². The standard InChI is InChI=1S/C12H18N2O2S.ClH/c1-9-2-6-11(7-3-9)17(15,16)14-12(8-13)10-4-5-10;/h2-3,6-7,10,12,14H,4-5,8,13H2,1H3;1H. The summed E-state index contributed by atoms with van der Waals surface area (Å²) in [5.74, 6) is 0.417. The molecule has 102 valence electrons. The lowest BCUT2D eigenvalue weighted by Crippen LogP contribution is -2.41. The predicted molar refractivity (Wildman–Crippen MR) is 74.3 cm³/mol. The van der Waals surface area contributed by atoms with Crippen LogP contribution >= 0.6 is 12.4 Å². The van der Waals surface area contributed by atoms with Gasteiger partial charge in [-0.1, -0.05) is 17.7 Å². The van der Waals surface area contributed by atoms with Crippen molar-refractivity contribution in [1.29, 1.82) is 0 Å². The zero-order chi connectivity index (χ0) is 12.5. The highest BCUT2D eigenvalue weighted by Crippen LogP contribution is 2.32. The first kappa shape index (κ1) is 15.4. The molecule has 3 N–H and O–H groups in total. The number of nitrogens with two attached hydrogens (primary N) is 1. The second-order valence-corrected chi connectivity index (χ2v) is 6.33. The van der Waals surface area contributed by atoms with Crippen molar-refractivity contribution < 1.29 is 8.42 Å². The van der Waals surface area contributed by atoms with Crippen LogP contribution in [-0.2, 0) is 10.0 Å². The second kappa shape index (κ2) is 6.02. The summed E-state index contributed by atoms with van der Waals surface area (Å²) in [5, 5.41) is 0. The van der Waals surface area contributed by atoms with Crippen LogP contribution in [0, 0.1) is 12.8 Å². The average molecular weight is 291 g/mol. The number of hydrogen-bond acceptors (Lipinski definition) is 3. The summed E-state index contributed by atoms with van der Waals surface area (Å²) in [6.07, 6.45) is 2.14. The third-order valence-corrected chi connectivity index (χ3v) is 4.59. The van der Waals surface area contributed by atoms with E-state index in [4.69, 9.17) is 5.73 Å². The van der Waals surface area contributed by atoms with Crippen molar-refractivity contribution in [2.75, 3.05) is 6.54 Å². The minimum atomic E-state index is -3.42. The molecule has 0 spiro atoms. The molecule has 1 aliphatic carbocycles. The van der Waals surface area contributed by atoms with E-state index in [1.54, 1.807) is 24.3 Å². The van der Waals surface area contributed by atoms with E-state index in [9.17, 15) is 8.42 Å². The van der Waals surface area contributed by atoms with Crippen LogP contribution in [0.15, 0.2) is 29.2 Å². The monoisotopic (exact) mass is 290 g/mol. The lowest BCUT2D eigenvalue weighted by Gasteiger charge is -2.16. The number of aryl methyl sites for hydroxylation is 1. The molecule has 6 heteroatoms. The van der Waals surface area contributed by atoms with Crippen LogP contribution in [0.4, 0.5) is 0 Å². The molecule has 0 saturated heterocycles. The molecule has 1 aliphatic rings. The fourth-order valence-corrected chi connectivity index (χ4v) is 3.14. The Kier molecular flexibility index (Phi) is 5.16. The van der Waals surface area contributed by atoms with Gasteiger partial charge in [0.2, 0.25) is 10.0 Å². The van der Waals surface area contributed by atoms with Gasteiger partial charge in [-0.3, -0.25) is 0 Å². The van der Waals surface area contributed by atoms with Gasteiger partial charge in [-0.2, -0.15) is 0 Å². The zero-order valence-electron chi connectivity index (χ0n) is 10.3. The molecule has 0 amide bonds. The summed E-state index contributed by atoms with van der Waals surface area (Å²) >= 11 is 0. The molecule has 1 aromatic rings. The van der Waals surface area contributed by atoms with Gasteiger partial charge in [-0.05, 0) is 37.8 Å². The Balaban J connectivity index is 0.00000162. The Morgan fingerprint density at radius 3 is 2.33 bits per heavy atom. The average Bonchev–Trinajstić information content (AvgIpc) is 3.10. The third kappa shape index (κ3) is 3.68. The Morgan fingerprint density at radius 2 is 1.89 bits per heavy atom. The van der Waals surface area contributed by atoms with Crippen molar-refractivity contribution in [3.8, 4) is 0 Å². The van der Waals surface area contributed by atoms with Gasteiger partial charge in [0.15, 0.2) is 0 Å². The van der Waals surface area contributed by atoms with Gasteiger partial charge >= 0.3 is 0 Å². The first-order chi connectivity index (χ1) is 8.03. The van der Waals surface area contributed by atoms with Crippen LogP contribution in [0.3, 0.4) is 0 Å². The fourth-order valence-electron chi connectivity index (χ4n) is 1.82. The summed E-state index contributed by atoms with van der Waals surface area (Å²) in [6.45, 7) is 2.28. The molecule has 1 fully saturated rings. The maximum atomic E-state index is 12.1. The summed E-state index contributed by atoms with van der Waals surface area (Å²) in [7, 11) is -3.42. The summed E-state index contributed by atoms with van der Waals surface area (Å²) < 4.78 is 26.8. The number of rotatable bonds is 5. The molecule has 2 rings (SSSR count). The Bertz CT molecular complexity index is 483. The first-order valence-corrected chi connectivity index (χ1v) is 7.30. The van der Waals surface area contributed by atoms with Gasteiger partial charge in [-0.15, -0.1) is 12.4 Å². The van der Waals surface area contributed by atoms with E-state index in [0.29, 0.717) is 17.4 Å². The molecule has 4 nitrogen and oxygen atoms in total. The highest BCUT2D eigenvalue weighted by Gasteiger charge is 2.33. The molecule has 0 radical (unpaired) electrons. The Morgan fingerprint density at radius 1 is 1.33 bits per heavy atom. The number of sulfonamides is 1. The lowest BCUT2D eigenvalue weighted by molar-refractivity contribution is 0.519. The number of benzene rings is 1. The SMILES string of the molecule is Cc1ccc(S(=O)(=O)NC(CN)C2CC2)cc1.Cl. The van der Waals surface area contributed by atoms with Crippen molar-refractivity contribution in [2.24, 2.45) is 11.7 Å². The highest BCUT2D eigenvalue weighted by atomic mass is 35.5. The minimum absolute atomic E-state index is 0. The van der Waals surface area contributed by atoms with Crippen LogP contribution in [-0.4, -0.2) is 21.0 Å². The molecule has 0 bridgehead atoms. The maximum absolute atomic E-state index is 12.1. The molecule has 1 atom stereocenters. The van der Waals surface area contributed by atoms with E-state index in [2.05, 4.69) is 4.72 Å². The van der Waals surface area contributed by atoms with E-state index >= 15 is 0 Å². The van der Waals surface area contributed by atoms with Crippen LogP contribution < -0.4 is 10.5 Å². The van der Waals surface area contributed by atoms with Gasteiger partial charge in [0.05, 0.1) is 4.90 Å². The molecule has 1 aromatic carbocycles. The van der Waals surface area contributed by atoms with Crippen molar-refractivity contribution in [3.63, 3.8) is 0 Å². The molecule has 0 aliphatic heterocycles. The Hall–Kier alpha value is -0.620. The van der Waals surface area contributed by atoms with Crippen LogP contribution in [0.2, 0.25) is 0 Å². The summed E-state index contributed by atoms with van der Waals surface area (Å²) in [5.41, 5.74) is 6.64. The van der Waals surface area contributed by atoms with Gasteiger partial charge in [0.1, 0.15) is 0 Å². The topological polar surface area (TPSA) is 72.2 Å². The molecule has 0 heterocycles. The summed E-state index contributed by atoms with van der Waals surface area (Å²) in [4.78, 5) is 0.308. The fraction of sp³-hybridized carbons (Fsp3) is 0.500. The number of nitrogens with one attached hydrogen (secondary N) is 1. The van der Waals surface area contributed by atoms with Crippen molar-refractivity contribution in [1.82, 2.24) is 4.72 Å². The number of hydrogen-bond donors (Lipinski definition) is 2. The van der Waals surface area contributed by atoms with Crippen molar-refractivity contribution >= 4 is 22.4 Å². The normalized spacial score (nSPS) is 17.0. The van der Waals surface area contributed by atoms with E-state index in [0.717, 1.165) is 18.4 Å². The van der Waals surface area contributed by atoms with E-state index in [-0.39, 0.29) is 18.4 Å². The lowest BCUT2D eigenvalue weighted by atomic mass is 10.2. The Labute approximate surface area is 114 Å². The molecule has 1 saturated carbocycles. The molecular weight excluding hydrogens is 272 g/mol. The van der Waals surface area contributed by atoms with E-state index in [1.807, 2.05) is 6.92 Å². The zero-order valence-corrected chi connectivity index (χ0v) is 11.9. The van der Waals surface area contributed by atoms with E-state index < -0.39 is 10.0 Å². The number of halogens is 1. The summed E-state index contributed by atoms with van der Waals surface area (Å²) in [6, 6.07) is 6.71. The van der Waals surface area contributed by atoms with Gasteiger partial charge in [0, 0.05) is 12.6 Å². The predicted octanol–water partition coefficient (Wildman–Crippen LogP) is 1.43. The van der Waals surface area contributed by atoms with E-state index in [1.165, 1.54) is 0 Å². The highest BCUT2D eigenvalue weighted by molar-refractivity contribution is 7.89. The van der Waals surface area contributed by atoms with Gasteiger partial charge in [0.25, 0.3) is 0 Å². The van der Waals surface area contributed by atoms with Crippen LogP contribution in [0.5, 0.6) is 0 Å². The minimum Gasteiger partial charge on any atom is -0.329 e. The second-order valence-electron chi connectivity index (χ2n) is 4.61. The van der Waals surface area contributed by atoms with Crippen molar-refractivity contribution in [3.05, 3.63) is 29.8 Å². The quantitative estimate of drug-likeness (QED) is 0.862. The molecular formula is C12H19ClN2O2S. The third-order valence-electron chi connectivity index (χ3n) is 3.08. The van der Waals surface area contributed by atoms with Crippen LogP contribution in [0.1, 0.15) is 18.4 Å². The van der Waals surface area contributed by atoms with Crippen LogP contribution in [0.25, 0.3) is 0 Å². The van der Waals surface area contributed by atoms with Gasteiger partial charge < -0.3 is 5.73 Å². The van der Waals surface area contributed by atoms with Gasteiger partial charge in [-0.25, -0.2) is 13.1 Å². The maximum Gasteiger partial charge on any atom is 0.240 e. The smallest absolute Gasteiger partial charge is 0.240 e. The molecule has 0 aromatic heterocycles. The molecule has 18 heavy (non-hydrogen) atoms.